The lowest BCUT2D eigenvalue weighted by atomic mass is 10.3. The van der Waals surface area contributed by atoms with Crippen LogP contribution in [0.5, 0.6) is 0 Å². The number of carbonyl (C=O) groups is 1. The number of benzene rings is 1. The van der Waals surface area contributed by atoms with E-state index >= 15 is 0 Å². The standard InChI is InChI=1S/C10H8Cl2N2O2S/c1-14(4-8(15)16)10-13-9-6(12)2-5(11)3-7(9)17-10/h2-3H,4H2,1H3,(H,15,16). The SMILES string of the molecule is CN(CC(=O)O)c1nc2c(Cl)cc(Cl)cc2s1. The molecule has 0 saturated heterocycles. The van der Waals surface area contributed by atoms with Crippen molar-refractivity contribution in [2.45, 2.75) is 0 Å². The van der Waals surface area contributed by atoms with Crippen LogP contribution in [0.4, 0.5) is 5.13 Å². The van der Waals surface area contributed by atoms with Gasteiger partial charge in [-0.25, -0.2) is 4.98 Å². The lowest BCUT2D eigenvalue weighted by molar-refractivity contribution is -0.135. The minimum atomic E-state index is -0.907. The molecule has 0 aliphatic heterocycles. The molecule has 0 saturated carbocycles. The maximum Gasteiger partial charge on any atom is 0.323 e. The number of halogens is 2. The highest BCUT2D eigenvalue weighted by atomic mass is 35.5. The molecule has 0 spiro atoms. The Hall–Kier alpha value is -1.04. The summed E-state index contributed by atoms with van der Waals surface area (Å²) in [5, 5.41) is 10.3. The van der Waals surface area contributed by atoms with Crippen LogP contribution >= 0.6 is 34.5 Å². The Bertz CT molecular complexity index is 585. The van der Waals surface area contributed by atoms with Gasteiger partial charge in [0.05, 0.1) is 9.72 Å². The van der Waals surface area contributed by atoms with Crippen LogP contribution in [-0.2, 0) is 4.79 Å². The number of rotatable bonds is 3. The molecule has 4 nitrogen and oxygen atoms in total. The number of carboxylic acid groups (broad SMARTS) is 1. The third-order valence-electron chi connectivity index (χ3n) is 2.10. The number of hydrogen-bond donors (Lipinski definition) is 1. The Balaban J connectivity index is 2.44. The average Bonchev–Trinajstić information content (AvgIpc) is 2.60. The molecule has 0 bridgehead atoms. The van der Waals surface area contributed by atoms with Crippen LogP contribution in [-0.4, -0.2) is 29.7 Å². The van der Waals surface area contributed by atoms with Gasteiger partial charge in [0.1, 0.15) is 12.1 Å². The molecule has 0 radical (unpaired) electrons. The number of hydrogen-bond acceptors (Lipinski definition) is 4. The third-order valence-corrected chi connectivity index (χ3v) is 3.72. The van der Waals surface area contributed by atoms with Gasteiger partial charge in [-0.2, -0.15) is 0 Å². The molecule has 0 atom stereocenters. The van der Waals surface area contributed by atoms with E-state index in [2.05, 4.69) is 4.98 Å². The van der Waals surface area contributed by atoms with E-state index in [1.54, 1.807) is 24.1 Å². The predicted octanol–water partition coefficient (Wildman–Crippen LogP) is 3.12. The minimum Gasteiger partial charge on any atom is -0.480 e. The molecule has 1 N–H and O–H groups in total. The van der Waals surface area contributed by atoms with Gasteiger partial charge in [-0.3, -0.25) is 4.79 Å². The molecule has 1 aromatic carbocycles. The van der Waals surface area contributed by atoms with E-state index in [0.717, 1.165) is 4.70 Å². The van der Waals surface area contributed by atoms with Gasteiger partial charge in [-0.05, 0) is 12.1 Å². The van der Waals surface area contributed by atoms with Gasteiger partial charge in [-0.15, -0.1) is 0 Å². The molecule has 7 heteroatoms. The van der Waals surface area contributed by atoms with Crippen LogP contribution in [0, 0.1) is 0 Å². The fraction of sp³-hybridized carbons (Fsp3) is 0.200. The van der Waals surface area contributed by atoms with Crippen LogP contribution in [0.15, 0.2) is 12.1 Å². The summed E-state index contributed by atoms with van der Waals surface area (Å²) in [5.74, 6) is -0.907. The highest BCUT2D eigenvalue weighted by Gasteiger charge is 2.13. The summed E-state index contributed by atoms with van der Waals surface area (Å²) in [6, 6.07) is 3.38. The first-order chi connectivity index (χ1) is 7.97. The molecule has 2 aromatic rings. The van der Waals surface area contributed by atoms with Crippen molar-refractivity contribution in [3.63, 3.8) is 0 Å². The number of likely N-dealkylation sites (N-methyl/N-ethyl adjacent to an activating group) is 1. The largest absolute Gasteiger partial charge is 0.480 e. The fourth-order valence-corrected chi connectivity index (χ4v) is 3.03. The van der Waals surface area contributed by atoms with Crippen molar-refractivity contribution in [2.24, 2.45) is 0 Å². The first-order valence-corrected chi connectivity index (χ1v) is 6.23. The second kappa shape index (κ2) is 4.68. The molecule has 1 heterocycles. The maximum atomic E-state index is 10.6. The molecule has 0 aliphatic carbocycles. The number of fused-ring (bicyclic) bond motifs is 1. The third kappa shape index (κ3) is 2.62. The molecule has 17 heavy (non-hydrogen) atoms. The van der Waals surface area contributed by atoms with Gasteiger partial charge in [0.2, 0.25) is 0 Å². The molecule has 0 unspecified atom stereocenters. The van der Waals surface area contributed by atoms with E-state index in [1.807, 2.05) is 0 Å². The van der Waals surface area contributed by atoms with E-state index in [-0.39, 0.29) is 6.54 Å². The molecule has 90 valence electrons. The van der Waals surface area contributed by atoms with Crippen molar-refractivity contribution in [1.82, 2.24) is 4.98 Å². The second-order valence-electron chi connectivity index (χ2n) is 3.48. The number of anilines is 1. The quantitative estimate of drug-likeness (QED) is 0.944. The summed E-state index contributed by atoms with van der Waals surface area (Å²) in [7, 11) is 1.67. The maximum absolute atomic E-state index is 10.6. The molecule has 2 rings (SSSR count). The Morgan fingerprint density at radius 1 is 1.53 bits per heavy atom. The van der Waals surface area contributed by atoms with Crippen LogP contribution in [0.2, 0.25) is 10.0 Å². The van der Waals surface area contributed by atoms with Crippen molar-refractivity contribution in [1.29, 1.82) is 0 Å². The first kappa shape index (κ1) is 12.4. The normalized spacial score (nSPS) is 10.8. The summed E-state index contributed by atoms with van der Waals surface area (Å²) in [4.78, 5) is 16.5. The van der Waals surface area contributed by atoms with Gasteiger partial charge in [0.25, 0.3) is 0 Å². The van der Waals surface area contributed by atoms with Crippen molar-refractivity contribution in [3.8, 4) is 0 Å². The average molecular weight is 291 g/mol. The van der Waals surface area contributed by atoms with E-state index in [0.29, 0.717) is 20.7 Å². The highest BCUT2D eigenvalue weighted by molar-refractivity contribution is 7.22. The summed E-state index contributed by atoms with van der Waals surface area (Å²) in [6.07, 6.45) is 0. The van der Waals surface area contributed by atoms with Gasteiger partial charge in [0, 0.05) is 12.1 Å². The number of aromatic nitrogens is 1. The summed E-state index contributed by atoms with van der Waals surface area (Å²) in [5.41, 5.74) is 0.647. The summed E-state index contributed by atoms with van der Waals surface area (Å²) >= 11 is 13.3. The number of thiazole rings is 1. The molecular weight excluding hydrogens is 283 g/mol. The van der Waals surface area contributed by atoms with Crippen LogP contribution in [0.3, 0.4) is 0 Å². The lowest BCUT2D eigenvalue weighted by Crippen LogP contribution is -2.24. The molecular formula is C10H8Cl2N2O2S. The predicted molar refractivity (Wildman–Crippen MR) is 70.5 cm³/mol. The van der Waals surface area contributed by atoms with Gasteiger partial charge in [0.15, 0.2) is 5.13 Å². The number of carboxylic acids is 1. The number of aliphatic carboxylic acids is 1. The van der Waals surface area contributed by atoms with Gasteiger partial charge in [-0.1, -0.05) is 34.5 Å². The Labute approximate surface area is 111 Å². The van der Waals surface area contributed by atoms with Crippen molar-refractivity contribution in [2.75, 3.05) is 18.5 Å². The van der Waals surface area contributed by atoms with Crippen LogP contribution in [0.1, 0.15) is 0 Å². The Kier molecular flexibility index (Phi) is 3.42. The van der Waals surface area contributed by atoms with Crippen molar-refractivity contribution in [3.05, 3.63) is 22.2 Å². The summed E-state index contributed by atoms with van der Waals surface area (Å²) in [6.45, 7) is -0.106. The Morgan fingerprint density at radius 2 is 2.24 bits per heavy atom. The zero-order valence-corrected chi connectivity index (χ0v) is 11.1. The lowest BCUT2D eigenvalue weighted by Gasteiger charge is -2.11. The molecule has 1 aromatic heterocycles. The van der Waals surface area contributed by atoms with Crippen LogP contribution < -0.4 is 4.90 Å². The van der Waals surface area contributed by atoms with Gasteiger partial charge < -0.3 is 10.0 Å². The van der Waals surface area contributed by atoms with Crippen molar-refractivity contribution < 1.29 is 9.90 Å². The zero-order chi connectivity index (χ0) is 12.6. The van der Waals surface area contributed by atoms with Gasteiger partial charge >= 0.3 is 5.97 Å². The first-order valence-electron chi connectivity index (χ1n) is 4.66. The Morgan fingerprint density at radius 3 is 2.88 bits per heavy atom. The van der Waals surface area contributed by atoms with E-state index < -0.39 is 5.97 Å². The monoisotopic (exact) mass is 290 g/mol. The highest BCUT2D eigenvalue weighted by Crippen LogP contribution is 2.34. The molecule has 0 amide bonds. The zero-order valence-electron chi connectivity index (χ0n) is 8.78. The smallest absolute Gasteiger partial charge is 0.323 e. The van der Waals surface area contributed by atoms with E-state index in [4.69, 9.17) is 28.3 Å². The molecule has 0 fully saturated rings. The molecule has 0 aliphatic rings. The minimum absolute atomic E-state index is 0.106. The number of nitrogens with zero attached hydrogens (tertiary/aromatic N) is 2. The fourth-order valence-electron chi connectivity index (χ4n) is 1.38. The topological polar surface area (TPSA) is 53.4 Å². The van der Waals surface area contributed by atoms with E-state index in [1.165, 1.54) is 11.3 Å². The second-order valence-corrected chi connectivity index (χ2v) is 5.33. The summed E-state index contributed by atoms with van der Waals surface area (Å²) < 4.78 is 0.842. The van der Waals surface area contributed by atoms with E-state index in [9.17, 15) is 4.79 Å². The van der Waals surface area contributed by atoms with Crippen LogP contribution in [0.25, 0.3) is 10.2 Å². The van der Waals surface area contributed by atoms with Crippen molar-refractivity contribution >= 4 is 55.9 Å².